The Balaban J connectivity index is 2.12. The van der Waals surface area contributed by atoms with Crippen molar-refractivity contribution in [2.45, 2.75) is 24.6 Å². The molecule has 1 aliphatic heterocycles. The first-order valence-corrected chi connectivity index (χ1v) is 4.83. The minimum Gasteiger partial charge on any atom is -0.310 e. The van der Waals surface area contributed by atoms with Crippen LogP contribution in [0.25, 0.3) is 0 Å². The van der Waals surface area contributed by atoms with Gasteiger partial charge in [-0.3, -0.25) is 0 Å². The zero-order valence-electron chi connectivity index (χ0n) is 6.47. The molecule has 2 heteroatoms. The van der Waals surface area contributed by atoms with Crippen LogP contribution >= 0.6 is 11.8 Å². The van der Waals surface area contributed by atoms with E-state index in [1.54, 1.807) is 0 Å². The molecular weight excluding hydrogens is 142 g/mol. The normalized spacial score (nSPS) is 32.5. The van der Waals surface area contributed by atoms with Gasteiger partial charge in [0.05, 0.1) is 0 Å². The molecule has 1 saturated heterocycles. The van der Waals surface area contributed by atoms with Crippen LogP contribution in [0.4, 0.5) is 0 Å². The third-order valence-electron chi connectivity index (χ3n) is 1.75. The minimum atomic E-state index is 0.734. The van der Waals surface area contributed by atoms with Gasteiger partial charge in [0.1, 0.15) is 0 Å². The molecule has 0 amide bonds. The van der Waals surface area contributed by atoms with E-state index in [0.29, 0.717) is 0 Å². The molecular formula is C8H15NS. The zero-order valence-corrected chi connectivity index (χ0v) is 7.29. The lowest BCUT2D eigenvalue weighted by Gasteiger charge is -2.07. The highest BCUT2D eigenvalue weighted by molar-refractivity contribution is 8.00. The van der Waals surface area contributed by atoms with Crippen LogP contribution in [0.3, 0.4) is 0 Å². The second-order valence-electron chi connectivity index (χ2n) is 2.77. The molecule has 0 saturated carbocycles. The Bertz CT molecular complexity index is 114. The molecule has 1 fully saturated rings. The molecule has 0 spiro atoms. The Labute approximate surface area is 67.3 Å². The topological polar surface area (TPSA) is 12.0 Å². The Morgan fingerprint density at radius 3 is 3.10 bits per heavy atom. The zero-order chi connectivity index (χ0) is 7.40. The van der Waals surface area contributed by atoms with Crippen molar-refractivity contribution in [1.29, 1.82) is 0 Å². The Kier molecular flexibility index (Phi) is 3.29. The van der Waals surface area contributed by atoms with E-state index in [2.05, 4.69) is 30.6 Å². The molecule has 0 aliphatic carbocycles. The summed E-state index contributed by atoms with van der Waals surface area (Å²) >= 11 is 2.06. The molecule has 1 heterocycles. The van der Waals surface area contributed by atoms with Gasteiger partial charge in [-0.2, -0.15) is 11.8 Å². The van der Waals surface area contributed by atoms with Crippen molar-refractivity contribution in [2.24, 2.45) is 0 Å². The smallest absolute Gasteiger partial charge is 0.0171 e. The van der Waals surface area contributed by atoms with Crippen LogP contribution in [0.15, 0.2) is 12.7 Å². The highest BCUT2D eigenvalue weighted by Crippen LogP contribution is 2.25. The number of rotatable bonds is 3. The predicted octanol–water partition coefficient (Wildman–Crippen LogP) is 1.66. The van der Waals surface area contributed by atoms with E-state index in [1.807, 2.05) is 6.08 Å². The van der Waals surface area contributed by atoms with Gasteiger partial charge in [0, 0.05) is 23.6 Å². The Morgan fingerprint density at radius 1 is 1.80 bits per heavy atom. The van der Waals surface area contributed by atoms with Crippen molar-refractivity contribution in [3.63, 3.8) is 0 Å². The lowest BCUT2D eigenvalue weighted by atomic mass is 10.2. The molecule has 0 aromatic rings. The number of nitrogens with one attached hydrogen (secondary N) is 1. The maximum atomic E-state index is 3.67. The van der Waals surface area contributed by atoms with E-state index in [9.17, 15) is 0 Å². The van der Waals surface area contributed by atoms with E-state index >= 15 is 0 Å². The van der Waals surface area contributed by atoms with Crippen molar-refractivity contribution >= 4 is 11.8 Å². The number of thioether (sulfide) groups is 1. The van der Waals surface area contributed by atoms with Crippen molar-refractivity contribution < 1.29 is 0 Å². The number of hydrogen-bond donors (Lipinski definition) is 1. The standard InChI is InChI=1S/C8H15NS/c1-3-4-9-8-5-7(2)10-6-8/h3,7-9H,1,4-6H2,2H3. The van der Waals surface area contributed by atoms with Gasteiger partial charge in [-0.25, -0.2) is 0 Å². The fourth-order valence-corrected chi connectivity index (χ4v) is 2.39. The Morgan fingerprint density at radius 2 is 2.60 bits per heavy atom. The van der Waals surface area contributed by atoms with Crippen LogP contribution in [0.5, 0.6) is 0 Å². The van der Waals surface area contributed by atoms with Gasteiger partial charge in [0.25, 0.3) is 0 Å². The average Bonchev–Trinajstić information content (AvgIpc) is 2.31. The first-order chi connectivity index (χ1) is 4.83. The highest BCUT2D eigenvalue weighted by atomic mass is 32.2. The van der Waals surface area contributed by atoms with Gasteiger partial charge < -0.3 is 5.32 Å². The molecule has 0 radical (unpaired) electrons. The van der Waals surface area contributed by atoms with E-state index in [4.69, 9.17) is 0 Å². The summed E-state index contributed by atoms with van der Waals surface area (Å²) in [6, 6.07) is 0.734. The summed E-state index contributed by atoms with van der Waals surface area (Å²) in [6.07, 6.45) is 3.24. The third-order valence-corrected chi connectivity index (χ3v) is 3.11. The quantitative estimate of drug-likeness (QED) is 0.625. The van der Waals surface area contributed by atoms with Crippen LogP contribution in [-0.4, -0.2) is 23.6 Å². The van der Waals surface area contributed by atoms with Gasteiger partial charge in [0.2, 0.25) is 0 Å². The highest BCUT2D eigenvalue weighted by Gasteiger charge is 2.20. The van der Waals surface area contributed by atoms with Gasteiger partial charge >= 0.3 is 0 Å². The fraction of sp³-hybridized carbons (Fsp3) is 0.750. The van der Waals surface area contributed by atoms with Crippen LogP contribution in [-0.2, 0) is 0 Å². The van der Waals surface area contributed by atoms with Crippen molar-refractivity contribution in [1.82, 2.24) is 5.32 Å². The molecule has 1 aliphatic rings. The summed E-state index contributed by atoms with van der Waals surface area (Å²) in [5.74, 6) is 1.27. The molecule has 58 valence electrons. The second kappa shape index (κ2) is 4.04. The van der Waals surface area contributed by atoms with E-state index in [-0.39, 0.29) is 0 Å². The monoisotopic (exact) mass is 157 g/mol. The van der Waals surface area contributed by atoms with Gasteiger partial charge in [0.15, 0.2) is 0 Å². The summed E-state index contributed by atoms with van der Waals surface area (Å²) in [5, 5.41) is 4.27. The largest absolute Gasteiger partial charge is 0.310 e. The molecule has 0 aromatic heterocycles. The fourth-order valence-electron chi connectivity index (χ4n) is 1.21. The lowest BCUT2D eigenvalue weighted by Crippen LogP contribution is -2.28. The van der Waals surface area contributed by atoms with E-state index in [0.717, 1.165) is 17.8 Å². The van der Waals surface area contributed by atoms with Crippen molar-refractivity contribution in [3.8, 4) is 0 Å². The third kappa shape index (κ3) is 2.35. The lowest BCUT2D eigenvalue weighted by molar-refractivity contribution is 0.571. The number of hydrogen-bond acceptors (Lipinski definition) is 2. The first kappa shape index (κ1) is 8.15. The van der Waals surface area contributed by atoms with Gasteiger partial charge in [-0.05, 0) is 6.42 Å². The van der Waals surface area contributed by atoms with E-state index in [1.165, 1.54) is 12.2 Å². The average molecular weight is 157 g/mol. The maximum absolute atomic E-state index is 3.67. The molecule has 1 nitrogen and oxygen atoms in total. The van der Waals surface area contributed by atoms with Crippen molar-refractivity contribution in [3.05, 3.63) is 12.7 Å². The van der Waals surface area contributed by atoms with E-state index < -0.39 is 0 Å². The molecule has 1 rings (SSSR count). The summed E-state index contributed by atoms with van der Waals surface area (Å²) in [6.45, 7) is 6.92. The molecule has 0 bridgehead atoms. The van der Waals surface area contributed by atoms with Gasteiger partial charge in [-0.1, -0.05) is 13.0 Å². The van der Waals surface area contributed by atoms with Gasteiger partial charge in [-0.15, -0.1) is 6.58 Å². The Hall–Kier alpha value is 0.0500. The molecule has 2 unspecified atom stereocenters. The molecule has 2 atom stereocenters. The SMILES string of the molecule is C=CCNC1CSC(C)C1. The second-order valence-corrected chi connectivity index (χ2v) is 4.24. The summed E-state index contributed by atoms with van der Waals surface area (Å²) < 4.78 is 0. The van der Waals surface area contributed by atoms with Crippen LogP contribution in [0.2, 0.25) is 0 Å². The van der Waals surface area contributed by atoms with Crippen molar-refractivity contribution in [2.75, 3.05) is 12.3 Å². The van der Waals surface area contributed by atoms with Crippen LogP contribution in [0, 0.1) is 0 Å². The summed E-state index contributed by atoms with van der Waals surface area (Å²) in [7, 11) is 0. The summed E-state index contributed by atoms with van der Waals surface area (Å²) in [5.41, 5.74) is 0. The molecule has 1 N–H and O–H groups in total. The molecule has 10 heavy (non-hydrogen) atoms. The van der Waals surface area contributed by atoms with Crippen LogP contribution in [0.1, 0.15) is 13.3 Å². The first-order valence-electron chi connectivity index (χ1n) is 3.79. The summed E-state index contributed by atoms with van der Waals surface area (Å²) in [4.78, 5) is 0. The van der Waals surface area contributed by atoms with Crippen LogP contribution < -0.4 is 5.32 Å². The maximum Gasteiger partial charge on any atom is 0.0171 e. The molecule has 0 aromatic carbocycles. The predicted molar refractivity (Wildman–Crippen MR) is 48.5 cm³/mol. The minimum absolute atomic E-state index is 0.734.